The molecule has 0 atom stereocenters. The van der Waals surface area contributed by atoms with Gasteiger partial charge in [0.25, 0.3) is 5.56 Å². The van der Waals surface area contributed by atoms with Crippen LogP contribution in [0.2, 0.25) is 0 Å². The summed E-state index contributed by atoms with van der Waals surface area (Å²) in [7, 11) is 3.35. The predicted octanol–water partition coefficient (Wildman–Crippen LogP) is 0.738. The van der Waals surface area contributed by atoms with Crippen LogP contribution in [0.4, 0.5) is 0 Å². The molecular formula is C19H19N5O4. The number of carbonyl (C=O) groups is 1. The number of imidazole rings is 2. The van der Waals surface area contributed by atoms with Crippen molar-refractivity contribution in [3.05, 3.63) is 68.6 Å². The molecule has 0 bridgehead atoms. The highest BCUT2D eigenvalue weighted by atomic mass is 16.5. The molecule has 0 unspecified atom stereocenters. The molecule has 144 valence electrons. The summed E-state index contributed by atoms with van der Waals surface area (Å²) >= 11 is 0. The molecule has 4 rings (SSSR count). The topological polar surface area (TPSA) is 92.5 Å². The maximum atomic E-state index is 13.0. The monoisotopic (exact) mass is 381 g/mol. The van der Waals surface area contributed by atoms with E-state index in [1.807, 2.05) is 48.9 Å². The number of hydrogen-bond acceptors (Lipinski definition) is 5. The average Bonchev–Trinajstić information content (AvgIpc) is 3.19. The first-order chi connectivity index (χ1) is 13.4. The van der Waals surface area contributed by atoms with Gasteiger partial charge in [0, 0.05) is 26.0 Å². The van der Waals surface area contributed by atoms with Crippen molar-refractivity contribution in [3.8, 4) is 0 Å². The zero-order chi connectivity index (χ0) is 20.0. The third kappa shape index (κ3) is 2.72. The molecule has 0 radical (unpaired) electrons. The molecule has 0 spiro atoms. The van der Waals surface area contributed by atoms with Gasteiger partial charge in [-0.05, 0) is 12.5 Å². The predicted molar refractivity (Wildman–Crippen MR) is 102 cm³/mol. The van der Waals surface area contributed by atoms with E-state index in [-0.39, 0.29) is 17.8 Å². The van der Waals surface area contributed by atoms with Crippen LogP contribution < -0.4 is 11.2 Å². The third-order valence-corrected chi connectivity index (χ3v) is 4.83. The minimum Gasteiger partial charge on any atom is -0.459 e. The number of benzene rings is 1. The van der Waals surface area contributed by atoms with Crippen molar-refractivity contribution in [3.63, 3.8) is 0 Å². The summed E-state index contributed by atoms with van der Waals surface area (Å²) in [4.78, 5) is 42.3. The summed E-state index contributed by atoms with van der Waals surface area (Å²) < 4.78 is 10.8. The molecule has 0 fully saturated rings. The average molecular weight is 381 g/mol. The first-order valence-corrected chi connectivity index (χ1v) is 8.72. The third-order valence-electron chi connectivity index (χ3n) is 4.83. The van der Waals surface area contributed by atoms with Crippen molar-refractivity contribution in [2.24, 2.45) is 14.1 Å². The first kappa shape index (κ1) is 17.8. The maximum absolute atomic E-state index is 13.0. The van der Waals surface area contributed by atoms with Crippen LogP contribution in [0.25, 0.3) is 16.9 Å². The van der Waals surface area contributed by atoms with Gasteiger partial charge in [-0.2, -0.15) is 4.98 Å². The molecule has 9 nitrogen and oxygen atoms in total. The van der Waals surface area contributed by atoms with Gasteiger partial charge in [0.05, 0.1) is 0 Å². The zero-order valence-corrected chi connectivity index (χ0v) is 15.7. The van der Waals surface area contributed by atoms with Crippen LogP contribution in [0, 0.1) is 6.92 Å². The van der Waals surface area contributed by atoms with Crippen LogP contribution in [0.1, 0.15) is 11.3 Å². The Morgan fingerprint density at radius 2 is 1.82 bits per heavy atom. The van der Waals surface area contributed by atoms with Gasteiger partial charge in [-0.3, -0.25) is 18.6 Å². The van der Waals surface area contributed by atoms with E-state index in [1.54, 1.807) is 10.6 Å². The molecule has 0 aliphatic carbocycles. The van der Waals surface area contributed by atoms with E-state index in [9.17, 15) is 14.4 Å². The first-order valence-electron chi connectivity index (χ1n) is 8.72. The van der Waals surface area contributed by atoms with Crippen molar-refractivity contribution < 1.29 is 9.53 Å². The number of aryl methyl sites for hydroxylation is 3. The van der Waals surface area contributed by atoms with Crippen molar-refractivity contribution >= 4 is 22.9 Å². The standard InChI is InChI=1S/C19H19N5O4/c1-12-9-23-15-16(20-18(23)21(12)2)22(3)19(27)24(17(15)26)10-14(25)28-11-13-7-5-4-6-8-13/h4-9H,10-11H2,1-3H3. The Balaban J connectivity index is 1.73. The van der Waals surface area contributed by atoms with E-state index >= 15 is 0 Å². The van der Waals surface area contributed by atoms with Crippen LogP contribution in [0.15, 0.2) is 46.1 Å². The maximum Gasteiger partial charge on any atom is 0.333 e. The largest absolute Gasteiger partial charge is 0.459 e. The highest BCUT2D eigenvalue weighted by Gasteiger charge is 2.20. The number of aromatic nitrogens is 5. The van der Waals surface area contributed by atoms with Gasteiger partial charge in [-0.15, -0.1) is 0 Å². The molecule has 0 aliphatic rings. The van der Waals surface area contributed by atoms with Gasteiger partial charge in [0.15, 0.2) is 11.2 Å². The fourth-order valence-corrected chi connectivity index (χ4v) is 3.17. The fourth-order valence-electron chi connectivity index (χ4n) is 3.17. The smallest absolute Gasteiger partial charge is 0.333 e. The summed E-state index contributed by atoms with van der Waals surface area (Å²) in [6.45, 7) is 1.50. The lowest BCUT2D eigenvalue weighted by Crippen LogP contribution is -2.41. The Kier molecular flexibility index (Phi) is 4.14. The highest BCUT2D eigenvalue weighted by molar-refractivity contribution is 5.76. The zero-order valence-electron chi connectivity index (χ0n) is 15.7. The van der Waals surface area contributed by atoms with Gasteiger partial charge in [0.2, 0.25) is 5.78 Å². The van der Waals surface area contributed by atoms with Gasteiger partial charge in [-0.1, -0.05) is 30.3 Å². The SMILES string of the molecule is Cc1cn2c3c(=O)n(CC(=O)OCc4ccccc4)c(=O)n(C)c3nc2n1C. The molecule has 28 heavy (non-hydrogen) atoms. The molecule has 0 amide bonds. The van der Waals surface area contributed by atoms with Gasteiger partial charge in [0.1, 0.15) is 13.2 Å². The number of carbonyl (C=O) groups excluding carboxylic acids is 1. The highest BCUT2D eigenvalue weighted by Crippen LogP contribution is 2.14. The number of rotatable bonds is 4. The van der Waals surface area contributed by atoms with Crippen molar-refractivity contribution in [1.82, 2.24) is 23.1 Å². The molecule has 0 saturated carbocycles. The normalized spacial score (nSPS) is 11.4. The summed E-state index contributed by atoms with van der Waals surface area (Å²) in [5.74, 6) is -0.114. The summed E-state index contributed by atoms with van der Waals surface area (Å²) in [6.07, 6.45) is 1.77. The van der Waals surface area contributed by atoms with Gasteiger partial charge >= 0.3 is 11.7 Å². The lowest BCUT2D eigenvalue weighted by atomic mass is 10.2. The van der Waals surface area contributed by atoms with Crippen LogP contribution in [-0.2, 0) is 36.8 Å². The molecule has 0 aliphatic heterocycles. The molecule has 4 aromatic rings. The number of hydrogen-bond donors (Lipinski definition) is 0. The summed E-state index contributed by atoms with van der Waals surface area (Å²) in [6, 6.07) is 9.19. The Morgan fingerprint density at radius 3 is 2.54 bits per heavy atom. The second-order valence-corrected chi connectivity index (χ2v) is 6.66. The second-order valence-electron chi connectivity index (χ2n) is 6.66. The van der Waals surface area contributed by atoms with E-state index in [4.69, 9.17) is 4.74 Å². The number of ether oxygens (including phenoxy) is 1. The number of esters is 1. The van der Waals surface area contributed by atoms with E-state index in [0.717, 1.165) is 15.8 Å². The van der Waals surface area contributed by atoms with Gasteiger partial charge < -0.3 is 9.30 Å². The van der Waals surface area contributed by atoms with Crippen molar-refractivity contribution in [1.29, 1.82) is 0 Å². The molecule has 3 aromatic heterocycles. The van der Waals surface area contributed by atoms with Crippen LogP contribution in [0.5, 0.6) is 0 Å². The Morgan fingerprint density at radius 1 is 1.11 bits per heavy atom. The quantitative estimate of drug-likeness (QED) is 0.486. The van der Waals surface area contributed by atoms with Crippen LogP contribution in [0.3, 0.4) is 0 Å². The fraction of sp³-hybridized carbons (Fsp3) is 0.263. The van der Waals surface area contributed by atoms with E-state index < -0.39 is 23.8 Å². The minimum atomic E-state index is -0.660. The van der Waals surface area contributed by atoms with Crippen LogP contribution >= 0.6 is 0 Å². The van der Waals surface area contributed by atoms with E-state index in [2.05, 4.69) is 4.98 Å². The van der Waals surface area contributed by atoms with E-state index in [0.29, 0.717) is 5.78 Å². The molecule has 0 N–H and O–H groups in total. The molecule has 0 saturated heterocycles. The van der Waals surface area contributed by atoms with E-state index in [1.165, 1.54) is 11.6 Å². The Bertz CT molecular complexity index is 1320. The second kappa shape index (κ2) is 6.52. The molecule has 1 aromatic carbocycles. The summed E-state index contributed by atoms with van der Waals surface area (Å²) in [5.41, 5.74) is 1.06. The lowest BCUT2D eigenvalue weighted by Gasteiger charge is -2.08. The summed E-state index contributed by atoms with van der Waals surface area (Å²) in [5, 5.41) is 0. The van der Waals surface area contributed by atoms with Crippen LogP contribution in [-0.4, -0.2) is 29.1 Å². The molecular weight excluding hydrogens is 362 g/mol. The Labute approximate surface area is 159 Å². The van der Waals surface area contributed by atoms with Gasteiger partial charge in [-0.25, -0.2) is 9.36 Å². The van der Waals surface area contributed by atoms with Crippen molar-refractivity contribution in [2.45, 2.75) is 20.1 Å². The number of fused-ring (bicyclic) bond motifs is 3. The Hall–Kier alpha value is -3.62. The van der Waals surface area contributed by atoms with Crippen molar-refractivity contribution in [2.75, 3.05) is 0 Å². The minimum absolute atomic E-state index is 0.0752. The molecule has 3 heterocycles. The number of nitrogens with zero attached hydrogens (tertiary/aromatic N) is 5. The molecule has 9 heteroatoms. The lowest BCUT2D eigenvalue weighted by molar-refractivity contribution is -0.145.